The number of aromatic nitrogens is 1. The van der Waals surface area contributed by atoms with Gasteiger partial charge in [-0.2, -0.15) is 0 Å². The van der Waals surface area contributed by atoms with Gasteiger partial charge in [-0.25, -0.2) is 9.37 Å². The number of aryl methyl sites for hydroxylation is 2. The van der Waals surface area contributed by atoms with E-state index in [1.807, 2.05) is 32.9 Å². The minimum Gasteiger partial charge on any atom is -0.507 e. The first-order valence-corrected chi connectivity index (χ1v) is 12.3. The van der Waals surface area contributed by atoms with Crippen LogP contribution in [0.15, 0.2) is 66.2 Å². The molecule has 36 heavy (non-hydrogen) atoms. The molecule has 182 valence electrons. The summed E-state index contributed by atoms with van der Waals surface area (Å²) in [6.45, 7) is 6.22. The number of carbonyl (C=O) groups is 2. The summed E-state index contributed by atoms with van der Waals surface area (Å²) in [5, 5.41) is 11.5. The maximum absolute atomic E-state index is 15.1. The molecule has 1 atom stereocenters. The van der Waals surface area contributed by atoms with Gasteiger partial charge in [-0.05, 0) is 68.3 Å². The highest BCUT2D eigenvalue weighted by Gasteiger charge is 2.49. The van der Waals surface area contributed by atoms with Crippen molar-refractivity contribution in [3.63, 3.8) is 0 Å². The summed E-state index contributed by atoms with van der Waals surface area (Å²) in [5.74, 6) is -2.16. The van der Waals surface area contributed by atoms with E-state index in [4.69, 9.17) is 4.74 Å². The molecule has 0 spiro atoms. The van der Waals surface area contributed by atoms with Crippen LogP contribution in [0.3, 0.4) is 0 Å². The van der Waals surface area contributed by atoms with Crippen molar-refractivity contribution >= 4 is 44.1 Å². The van der Waals surface area contributed by atoms with Crippen molar-refractivity contribution in [1.82, 2.24) is 4.98 Å². The van der Waals surface area contributed by atoms with Crippen LogP contribution in [0, 0.1) is 19.7 Å². The second kappa shape index (κ2) is 9.20. The van der Waals surface area contributed by atoms with E-state index in [0.29, 0.717) is 23.4 Å². The van der Waals surface area contributed by atoms with Crippen molar-refractivity contribution in [2.24, 2.45) is 0 Å². The van der Waals surface area contributed by atoms with E-state index in [-0.39, 0.29) is 22.0 Å². The van der Waals surface area contributed by atoms with Gasteiger partial charge in [0.05, 0.1) is 22.4 Å². The Morgan fingerprint density at radius 2 is 1.83 bits per heavy atom. The zero-order chi connectivity index (χ0) is 25.6. The highest BCUT2D eigenvalue weighted by molar-refractivity contribution is 7.22. The van der Waals surface area contributed by atoms with Crippen molar-refractivity contribution in [2.75, 3.05) is 11.5 Å². The Balaban J connectivity index is 1.71. The van der Waals surface area contributed by atoms with E-state index in [1.165, 1.54) is 34.4 Å². The van der Waals surface area contributed by atoms with E-state index in [1.54, 1.807) is 30.3 Å². The van der Waals surface area contributed by atoms with Crippen LogP contribution in [0.4, 0.5) is 9.52 Å². The number of benzene rings is 3. The largest absolute Gasteiger partial charge is 0.507 e. The zero-order valence-electron chi connectivity index (χ0n) is 19.9. The van der Waals surface area contributed by atoms with Crippen LogP contribution in [0.1, 0.15) is 35.2 Å². The molecule has 1 aromatic heterocycles. The van der Waals surface area contributed by atoms with Gasteiger partial charge in [0.2, 0.25) is 0 Å². The first kappa shape index (κ1) is 23.7. The molecule has 1 amide bonds. The molecule has 5 rings (SSSR count). The molecule has 2 heterocycles. The van der Waals surface area contributed by atoms with Crippen molar-refractivity contribution in [2.45, 2.75) is 26.8 Å². The molecule has 0 unspecified atom stereocenters. The maximum atomic E-state index is 15.1. The van der Waals surface area contributed by atoms with Crippen LogP contribution in [0.25, 0.3) is 16.0 Å². The lowest BCUT2D eigenvalue weighted by Gasteiger charge is -2.23. The van der Waals surface area contributed by atoms with Gasteiger partial charge in [-0.15, -0.1) is 0 Å². The van der Waals surface area contributed by atoms with Gasteiger partial charge in [0.15, 0.2) is 5.13 Å². The predicted octanol–water partition coefficient (Wildman–Crippen LogP) is 6.08. The van der Waals surface area contributed by atoms with E-state index >= 15 is 4.39 Å². The molecule has 1 aliphatic heterocycles. The number of rotatable bonds is 5. The third-order valence-electron chi connectivity index (χ3n) is 6.11. The summed E-state index contributed by atoms with van der Waals surface area (Å²) in [7, 11) is 0. The number of thiazole rings is 1. The Labute approximate surface area is 211 Å². The van der Waals surface area contributed by atoms with Gasteiger partial charge < -0.3 is 9.84 Å². The number of anilines is 1. The van der Waals surface area contributed by atoms with Gasteiger partial charge in [0.1, 0.15) is 23.4 Å². The number of amides is 1. The van der Waals surface area contributed by atoms with Crippen LogP contribution < -0.4 is 9.64 Å². The molecule has 1 fully saturated rings. The molecule has 0 radical (unpaired) electrons. The summed E-state index contributed by atoms with van der Waals surface area (Å²) < 4.78 is 21.4. The molecular formula is C28H23FN2O4S. The number of hydrogen-bond acceptors (Lipinski definition) is 6. The molecule has 1 N–H and O–H groups in total. The van der Waals surface area contributed by atoms with E-state index in [0.717, 1.165) is 15.8 Å². The molecule has 1 saturated heterocycles. The Bertz CT molecular complexity index is 1540. The molecule has 0 aliphatic carbocycles. The first-order chi connectivity index (χ1) is 17.3. The van der Waals surface area contributed by atoms with Gasteiger partial charge in [0.25, 0.3) is 5.78 Å². The molecule has 6 nitrogen and oxygen atoms in total. The number of aliphatic hydroxyl groups is 1. The maximum Gasteiger partial charge on any atom is 0.301 e. The fourth-order valence-corrected chi connectivity index (χ4v) is 5.68. The predicted molar refractivity (Wildman–Crippen MR) is 138 cm³/mol. The highest BCUT2D eigenvalue weighted by atomic mass is 32.1. The smallest absolute Gasteiger partial charge is 0.301 e. The third kappa shape index (κ3) is 3.93. The Hall–Kier alpha value is -4.04. The average Bonchev–Trinajstić information content (AvgIpc) is 3.38. The normalized spacial score (nSPS) is 17.2. The number of ketones is 1. The second-order valence-corrected chi connectivity index (χ2v) is 9.58. The standard InChI is InChI=1S/C28H23FN2O4S/c1-4-35-18-11-9-17(10-12-18)25(32)22-24(19-7-5-6-8-20(19)29)31(27(34)26(22)33)28-30-23-16(3)13-15(2)14-21(23)36-28/h5-14,24,32H,4H2,1-3H3/t24-/m1/s1. The summed E-state index contributed by atoms with van der Waals surface area (Å²) >= 11 is 1.25. The van der Waals surface area contributed by atoms with Crippen LogP contribution >= 0.6 is 11.3 Å². The van der Waals surface area contributed by atoms with E-state index in [9.17, 15) is 14.7 Å². The quantitative estimate of drug-likeness (QED) is 0.203. The molecule has 1 aliphatic rings. The molecule has 4 aromatic rings. The molecule has 0 saturated carbocycles. The lowest BCUT2D eigenvalue weighted by molar-refractivity contribution is -0.132. The van der Waals surface area contributed by atoms with E-state index in [2.05, 4.69) is 4.98 Å². The second-order valence-electron chi connectivity index (χ2n) is 8.57. The van der Waals surface area contributed by atoms with Crippen molar-refractivity contribution in [3.05, 3.63) is 94.3 Å². The summed E-state index contributed by atoms with van der Waals surface area (Å²) in [6.07, 6.45) is 0. The number of fused-ring (bicyclic) bond motifs is 1. The number of Topliss-reactive ketones (excluding diaryl/α,β-unsaturated/α-hetero) is 1. The van der Waals surface area contributed by atoms with Crippen LogP contribution in [-0.2, 0) is 9.59 Å². The summed E-state index contributed by atoms with van der Waals surface area (Å²) in [5.41, 5.74) is 2.90. The molecule has 8 heteroatoms. The van der Waals surface area contributed by atoms with Crippen LogP contribution in [-0.4, -0.2) is 28.4 Å². The van der Waals surface area contributed by atoms with Crippen molar-refractivity contribution in [1.29, 1.82) is 0 Å². The van der Waals surface area contributed by atoms with E-state index < -0.39 is 23.5 Å². The van der Waals surface area contributed by atoms with Crippen molar-refractivity contribution < 1.29 is 23.8 Å². The SMILES string of the molecule is CCOc1ccc(C(O)=C2C(=O)C(=O)N(c3nc4c(C)cc(C)cc4s3)[C@@H]2c2ccccc2F)cc1. The zero-order valence-corrected chi connectivity index (χ0v) is 20.7. The average molecular weight is 503 g/mol. The monoisotopic (exact) mass is 502 g/mol. The highest BCUT2D eigenvalue weighted by Crippen LogP contribution is 2.45. The Morgan fingerprint density at radius 3 is 2.53 bits per heavy atom. The van der Waals surface area contributed by atoms with Gasteiger partial charge in [-0.3, -0.25) is 14.5 Å². The number of hydrogen-bond donors (Lipinski definition) is 1. The van der Waals surface area contributed by atoms with Gasteiger partial charge >= 0.3 is 5.91 Å². The van der Waals surface area contributed by atoms with Crippen LogP contribution in [0.2, 0.25) is 0 Å². The number of aliphatic hydroxyl groups excluding tert-OH is 1. The topological polar surface area (TPSA) is 79.7 Å². The number of ether oxygens (including phenoxy) is 1. The number of nitrogens with zero attached hydrogens (tertiary/aromatic N) is 2. The lowest BCUT2D eigenvalue weighted by atomic mass is 9.95. The Kier molecular flexibility index (Phi) is 6.05. The lowest BCUT2D eigenvalue weighted by Crippen LogP contribution is -2.29. The van der Waals surface area contributed by atoms with Crippen LogP contribution in [0.5, 0.6) is 5.75 Å². The summed E-state index contributed by atoms with van der Waals surface area (Å²) in [6, 6.07) is 15.2. The summed E-state index contributed by atoms with van der Waals surface area (Å²) in [4.78, 5) is 32.5. The molecule has 3 aromatic carbocycles. The van der Waals surface area contributed by atoms with Crippen molar-refractivity contribution in [3.8, 4) is 5.75 Å². The number of carbonyl (C=O) groups excluding carboxylic acids is 2. The van der Waals surface area contributed by atoms with Gasteiger partial charge in [-0.1, -0.05) is 35.6 Å². The first-order valence-electron chi connectivity index (χ1n) is 11.5. The fraction of sp³-hybridized carbons (Fsp3) is 0.179. The minimum absolute atomic E-state index is 0.0938. The number of halogens is 1. The van der Waals surface area contributed by atoms with Gasteiger partial charge in [0, 0.05) is 11.1 Å². The minimum atomic E-state index is -1.18. The molecular weight excluding hydrogens is 479 g/mol. The Morgan fingerprint density at radius 1 is 1.11 bits per heavy atom. The molecule has 0 bridgehead atoms. The third-order valence-corrected chi connectivity index (χ3v) is 7.11. The fourth-order valence-electron chi connectivity index (χ4n) is 4.51.